The summed E-state index contributed by atoms with van der Waals surface area (Å²) in [7, 11) is 0. The largest absolute Gasteiger partial charge is 0.490 e. The molecule has 2 aliphatic rings. The van der Waals surface area contributed by atoms with Crippen LogP contribution < -0.4 is 10.1 Å². The van der Waals surface area contributed by atoms with Gasteiger partial charge in [-0.15, -0.1) is 0 Å². The molecule has 4 rings (SSSR count). The van der Waals surface area contributed by atoms with Crippen molar-refractivity contribution in [3.63, 3.8) is 0 Å². The Hall–Kier alpha value is -2.47. The van der Waals surface area contributed by atoms with Crippen LogP contribution in [0.5, 0.6) is 5.75 Å². The molecule has 0 radical (unpaired) electrons. The molecule has 3 heterocycles. The highest BCUT2D eigenvalue weighted by atomic mass is 19.1. The number of nitrogens with zero attached hydrogens (tertiary/aromatic N) is 2. The average molecular weight is 355 g/mol. The van der Waals surface area contributed by atoms with Gasteiger partial charge in [0.25, 0.3) is 5.91 Å². The van der Waals surface area contributed by atoms with E-state index in [9.17, 15) is 9.18 Å². The zero-order valence-corrected chi connectivity index (χ0v) is 14.5. The van der Waals surface area contributed by atoms with E-state index in [-0.39, 0.29) is 23.9 Å². The topological polar surface area (TPSA) is 54.5 Å². The second-order valence-corrected chi connectivity index (χ2v) is 6.92. The van der Waals surface area contributed by atoms with Crippen LogP contribution in [0.4, 0.5) is 4.39 Å². The van der Waals surface area contributed by atoms with Gasteiger partial charge in [0, 0.05) is 50.6 Å². The summed E-state index contributed by atoms with van der Waals surface area (Å²) in [6.07, 6.45) is 3.21. The van der Waals surface area contributed by atoms with Crippen LogP contribution >= 0.6 is 0 Å². The predicted octanol–water partition coefficient (Wildman–Crippen LogP) is 2.49. The molecule has 0 spiro atoms. The molecule has 2 aliphatic heterocycles. The molecule has 2 atom stereocenters. The number of carbonyl (C=O) groups excluding carboxylic acids is 1. The van der Waals surface area contributed by atoms with Gasteiger partial charge in [0.1, 0.15) is 23.4 Å². The van der Waals surface area contributed by atoms with E-state index in [1.807, 2.05) is 17.0 Å². The number of rotatable bonds is 4. The van der Waals surface area contributed by atoms with E-state index in [2.05, 4.69) is 10.3 Å². The first-order chi connectivity index (χ1) is 12.7. The number of hydrogen-bond acceptors (Lipinski definition) is 4. The van der Waals surface area contributed by atoms with E-state index >= 15 is 0 Å². The standard InChI is InChI=1S/C20H22FN3O2/c21-15-4-6-16(7-5-15)26-17-8-10-24(19(11-17)14-12-22-13-14)20(25)18-3-1-2-9-23-18/h1-7,9,14,17,19,22H,8,10-13H2. The van der Waals surface area contributed by atoms with Crippen molar-refractivity contribution in [1.29, 1.82) is 0 Å². The number of pyridine rings is 1. The number of aromatic nitrogens is 1. The van der Waals surface area contributed by atoms with Crippen LogP contribution in [0.1, 0.15) is 23.3 Å². The second-order valence-electron chi connectivity index (χ2n) is 6.92. The smallest absolute Gasteiger partial charge is 0.272 e. The Kier molecular flexibility index (Phi) is 4.84. The number of benzene rings is 1. The highest BCUT2D eigenvalue weighted by Gasteiger charge is 2.40. The van der Waals surface area contributed by atoms with Gasteiger partial charge in [-0.2, -0.15) is 0 Å². The first kappa shape index (κ1) is 17.0. The molecule has 2 fully saturated rings. The van der Waals surface area contributed by atoms with Crippen molar-refractivity contribution >= 4 is 5.91 Å². The summed E-state index contributed by atoms with van der Waals surface area (Å²) in [5.74, 6) is 0.822. The van der Waals surface area contributed by atoms with Crippen LogP contribution in [0.3, 0.4) is 0 Å². The highest BCUT2D eigenvalue weighted by molar-refractivity contribution is 5.92. The Bertz CT molecular complexity index is 749. The molecular weight excluding hydrogens is 333 g/mol. The van der Waals surface area contributed by atoms with Gasteiger partial charge in [-0.25, -0.2) is 4.39 Å². The van der Waals surface area contributed by atoms with Crippen molar-refractivity contribution in [3.05, 3.63) is 60.2 Å². The van der Waals surface area contributed by atoms with Gasteiger partial charge in [-0.1, -0.05) is 6.07 Å². The fourth-order valence-corrected chi connectivity index (χ4v) is 3.69. The summed E-state index contributed by atoms with van der Waals surface area (Å²) in [6.45, 7) is 2.47. The average Bonchev–Trinajstić information content (AvgIpc) is 2.63. The summed E-state index contributed by atoms with van der Waals surface area (Å²) in [6, 6.07) is 11.7. The Morgan fingerprint density at radius 3 is 2.65 bits per heavy atom. The Labute approximate surface area is 152 Å². The number of hydrogen-bond donors (Lipinski definition) is 1. The highest BCUT2D eigenvalue weighted by Crippen LogP contribution is 2.29. The molecule has 2 unspecified atom stereocenters. The normalized spacial score (nSPS) is 23.3. The van der Waals surface area contributed by atoms with Gasteiger partial charge in [0.05, 0.1) is 0 Å². The Morgan fingerprint density at radius 2 is 2.00 bits per heavy atom. The fraction of sp³-hybridized carbons (Fsp3) is 0.400. The van der Waals surface area contributed by atoms with Gasteiger partial charge in [0.2, 0.25) is 0 Å². The summed E-state index contributed by atoms with van der Waals surface area (Å²) in [5.41, 5.74) is 0.489. The number of piperidine rings is 1. The number of likely N-dealkylation sites (tertiary alicyclic amines) is 1. The Balaban J connectivity index is 1.47. The molecule has 2 saturated heterocycles. The van der Waals surface area contributed by atoms with Crippen LogP contribution in [-0.2, 0) is 0 Å². The van der Waals surface area contributed by atoms with E-state index in [0.29, 0.717) is 23.9 Å². The summed E-state index contributed by atoms with van der Waals surface area (Å²) < 4.78 is 19.1. The minimum absolute atomic E-state index is 0.0114. The molecule has 1 amide bonds. The summed E-state index contributed by atoms with van der Waals surface area (Å²) in [5, 5.41) is 3.29. The molecule has 5 nitrogen and oxygen atoms in total. The number of carbonyl (C=O) groups is 1. The van der Waals surface area contributed by atoms with E-state index < -0.39 is 0 Å². The zero-order chi connectivity index (χ0) is 17.9. The molecule has 136 valence electrons. The maximum absolute atomic E-state index is 13.1. The lowest BCUT2D eigenvalue weighted by Crippen LogP contribution is -2.59. The minimum Gasteiger partial charge on any atom is -0.490 e. The van der Waals surface area contributed by atoms with E-state index in [1.54, 1.807) is 24.4 Å². The van der Waals surface area contributed by atoms with Crippen molar-refractivity contribution in [3.8, 4) is 5.75 Å². The molecule has 0 saturated carbocycles. The van der Waals surface area contributed by atoms with Crippen molar-refractivity contribution in [2.45, 2.75) is 25.0 Å². The first-order valence-corrected chi connectivity index (χ1v) is 9.05. The monoisotopic (exact) mass is 355 g/mol. The summed E-state index contributed by atoms with van der Waals surface area (Å²) >= 11 is 0. The third-order valence-electron chi connectivity index (χ3n) is 5.22. The van der Waals surface area contributed by atoms with Crippen LogP contribution in [0.2, 0.25) is 0 Å². The molecule has 6 heteroatoms. The zero-order valence-electron chi connectivity index (χ0n) is 14.5. The van der Waals surface area contributed by atoms with Crippen LogP contribution in [-0.4, -0.2) is 47.6 Å². The van der Waals surface area contributed by atoms with E-state index in [4.69, 9.17) is 4.74 Å². The van der Waals surface area contributed by atoms with Gasteiger partial charge >= 0.3 is 0 Å². The SMILES string of the molecule is O=C(c1ccccn1)N1CCC(Oc2ccc(F)cc2)CC1C1CNC1. The van der Waals surface area contributed by atoms with Gasteiger partial charge in [-0.3, -0.25) is 9.78 Å². The summed E-state index contributed by atoms with van der Waals surface area (Å²) in [4.78, 5) is 19.1. The van der Waals surface area contributed by atoms with Gasteiger partial charge in [0.15, 0.2) is 0 Å². The first-order valence-electron chi connectivity index (χ1n) is 9.05. The minimum atomic E-state index is -0.272. The lowest BCUT2D eigenvalue weighted by Gasteiger charge is -2.46. The van der Waals surface area contributed by atoms with Crippen molar-refractivity contribution in [1.82, 2.24) is 15.2 Å². The van der Waals surface area contributed by atoms with Crippen LogP contribution in [0, 0.1) is 11.7 Å². The van der Waals surface area contributed by atoms with Gasteiger partial charge < -0.3 is 15.0 Å². The lowest BCUT2D eigenvalue weighted by molar-refractivity contribution is 0.0151. The molecule has 1 aromatic carbocycles. The van der Waals surface area contributed by atoms with E-state index in [1.165, 1.54) is 12.1 Å². The maximum atomic E-state index is 13.1. The van der Waals surface area contributed by atoms with E-state index in [0.717, 1.165) is 25.9 Å². The van der Waals surface area contributed by atoms with Crippen LogP contribution in [0.15, 0.2) is 48.7 Å². The molecule has 0 bridgehead atoms. The lowest BCUT2D eigenvalue weighted by atomic mass is 9.85. The number of halogens is 1. The van der Waals surface area contributed by atoms with Crippen molar-refractivity contribution in [2.24, 2.45) is 5.92 Å². The molecule has 2 aromatic rings. The fourth-order valence-electron chi connectivity index (χ4n) is 3.69. The van der Waals surface area contributed by atoms with Gasteiger partial charge in [-0.05, 0) is 36.4 Å². The molecule has 26 heavy (non-hydrogen) atoms. The van der Waals surface area contributed by atoms with Crippen molar-refractivity contribution < 1.29 is 13.9 Å². The predicted molar refractivity (Wildman–Crippen MR) is 95.5 cm³/mol. The number of nitrogens with one attached hydrogen (secondary N) is 1. The Morgan fingerprint density at radius 1 is 1.19 bits per heavy atom. The van der Waals surface area contributed by atoms with Crippen LogP contribution in [0.25, 0.3) is 0 Å². The third-order valence-corrected chi connectivity index (χ3v) is 5.22. The third kappa shape index (κ3) is 3.55. The van der Waals surface area contributed by atoms with Crippen molar-refractivity contribution in [2.75, 3.05) is 19.6 Å². The number of amides is 1. The molecule has 1 N–H and O–H groups in total. The maximum Gasteiger partial charge on any atom is 0.272 e. The second kappa shape index (κ2) is 7.41. The quantitative estimate of drug-likeness (QED) is 0.916. The molecular formula is C20H22FN3O2. The molecule has 0 aliphatic carbocycles. The number of ether oxygens (including phenoxy) is 1. The molecule has 1 aromatic heterocycles.